The number of carbonyl (C=O) groups is 1. The lowest BCUT2D eigenvalue weighted by Gasteiger charge is -2.15. The second-order valence-electron chi connectivity index (χ2n) is 3.86. The quantitative estimate of drug-likeness (QED) is 0.679. The molecule has 1 aromatic carbocycles. The normalized spacial score (nSPS) is 23.2. The first-order valence-corrected chi connectivity index (χ1v) is 4.99. The van der Waals surface area contributed by atoms with Gasteiger partial charge in [0.25, 0.3) is 5.91 Å². The van der Waals surface area contributed by atoms with Crippen LogP contribution in [-0.2, 0) is 4.74 Å². The number of ether oxygens (including phenoxy) is 1. The van der Waals surface area contributed by atoms with Crippen molar-refractivity contribution >= 4 is 11.6 Å². The Hall–Kier alpha value is -1.61. The number of rotatable bonds is 2. The zero-order valence-electron chi connectivity index (χ0n) is 8.27. The van der Waals surface area contributed by atoms with Crippen molar-refractivity contribution in [2.24, 2.45) is 0 Å². The Balaban J connectivity index is 1.96. The van der Waals surface area contributed by atoms with Crippen LogP contribution in [0.25, 0.3) is 5.70 Å². The van der Waals surface area contributed by atoms with E-state index in [1.165, 1.54) is 0 Å². The lowest BCUT2D eigenvalue weighted by molar-refractivity contribution is 0.0842. The summed E-state index contributed by atoms with van der Waals surface area (Å²) in [6.07, 6.45) is 0.208. The van der Waals surface area contributed by atoms with Crippen LogP contribution in [0.15, 0.2) is 30.8 Å². The molecule has 3 rings (SSSR count). The molecule has 0 aromatic heterocycles. The van der Waals surface area contributed by atoms with Gasteiger partial charge in [0.1, 0.15) is 0 Å². The standard InChI is InChI=1S/C12H11NO2/c1-8-10-4-2-3-5-11(10)12(14)13(8)6-9-7-15-9/h2-5,9H,1,6-7H2/t9-/m0/s1. The lowest BCUT2D eigenvalue weighted by Crippen LogP contribution is -2.27. The highest BCUT2D eigenvalue weighted by Crippen LogP contribution is 2.32. The van der Waals surface area contributed by atoms with Crippen molar-refractivity contribution < 1.29 is 9.53 Å². The predicted molar refractivity (Wildman–Crippen MR) is 56.3 cm³/mol. The molecule has 3 heteroatoms. The minimum atomic E-state index is 0.0473. The van der Waals surface area contributed by atoms with E-state index in [-0.39, 0.29) is 12.0 Å². The third-order valence-corrected chi connectivity index (χ3v) is 2.83. The van der Waals surface area contributed by atoms with Crippen LogP contribution in [0.3, 0.4) is 0 Å². The maximum absolute atomic E-state index is 12.0. The van der Waals surface area contributed by atoms with E-state index >= 15 is 0 Å². The summed E-state index contributed by atoms with van der Waals surface area (Å²) in [5, 5.41) is 0. The van der Waals surface area contributed by atoms with Gasteiger partial charge >= 0.3 is 0 Å². The molecule has 0 bridgehead atoms. The Kier molecular flexibility index (Phi) is 1.70. The molecule has 2 heterocycles. The summed E-state index contributed by atoms with van der Waals surface area (Å²) in [5.74, 6) is 0.0473. The largest absolute Gasteiger partial charge is 0.371 e. The molecule has 0 spiro atoms. The van der Waals surface area contributed by atoms with E-state index in [9.17, 15) is 4.79 Å². The number of amides is 1. The first kappa shape index (κ1) is 8.68. The summed E-state index contributed by atoms with van der Waals surface area (Å²) in [6.45, 7) is 5.35. The van der Waals surface area contributed by atoms with Crippen LogP contribution in [0.5, 0.6) is 0 Å². The molecule has 1 aromatic rings. The van der Waals surface area contributed by atoms with Crippen LogP contribution in [-0.4, -0.2) is 30.1 Å². The molecule has 0 saturated carbocycles. The fourth-order valence-corrected chi connectivity index (χ4v) is 1.90. The molecule has 2 aliphatic rings. The molecule has 15 heavy (non-hydrogen) atoms. The highest BCUT2D eigenvalue weighted by molar-refractivity contribution is 6.08. The first-order chi connectivity index (χ1) is 7.27. The molecule has 2 aliphatic heterocycles. The zero-order chi connectivity index (χ0) is 10.4. The molecule has 0 N–H and O–H groups in total. The van der Waals surface area contributed by atoms with Gasteiger partial charge in [-0.05, 0) is 6.07 Å². The second kappa shape index (κ2) is 2.94. The van der Waals surface area contributed by atoms with Gasteiger partial charge in [-0.15, -0.1) is 0 Å². The van der Waals surface area contributed by atoms with Crippen LogP contribution < -0.4 is 0 Å². The van der Waals surface area contributed by atoms with Gasteiger partial charge in [0.05, 0.1) is 19.3 Å². The van der Waals surface area contributed by atoms with E-state index in [2.05, 4.69) is 6.58 Å². The number of epoxide rings is 1. The van der Waals surface area contributed by atoms with Gasteiger partial charge in [-0.25, -0.2) is 0 Å². The van der Waals surface area contributed by atoms with E-state index in [1.54, 1.807) is 4.90 Å². The number of carbonyl (C=O) groups excluding carboxylic acids is 1. The monoisotopic (exact) mass is 201 g/mol. The molecular weight excluding hydrogens is 190 g/mol. The van der Waals surface area contributed by atoms with Crippen LogP contribution in [0.2, 0.25) is 0 Å². The smallest absolute Gasteiger partial charge is 0.259 e. The highest BCUT2D eigenvalue weighted by Gasteiger charge is 2.35. The molecule has 1 saturated heterocycles. The number of hydrogen-bond acceptors (Lipinski definition) is 2. The topological polar surface area (TPSA) is 32.8 Å². The average molecular weight is 201 g/mol. The summed E-state index contributed by atoms with van der Waals surface area (Å²) in [5.41, 5.74) is 2.50. The maximum Gasteiger partial charge on any atom is 0.259 e. The van der Waals surface area contributed by atoms with Crippen molar-refractivity contribution in [2.75, 3.05) is 13.2 Å². The first-order valence-electron chi connectivity index (χ1n) is 4.99. The number of benzene rings is 1. The molecule has 3 nitrogen and oxygen atoms in total. The van der Waals surface area contributed by atoms with Crippen molar-refractivity contribution in [1.82, 2.24) is 4.90 Å². The van der Waals surface area contributed by atoms with Crippen molar-refractivity contribution in [3.05, 3.63) is 42.0 Å². The van der Waals surface area contributed by atoms with E-state index in [1.807, 2.05) is 24.3 Å². The third kappa shape index (κ3) is 1.27. The summed E-state index contributed by atoms with van der Waals surface area (Å²) in [4.78, 5) is 13.7. The minimum Gasteiger partial charge on any atom is -0.371 e. The van der Waals surface area contributed by atoms with Gasteiger partial charge < -0.3 is 9.64 Å². The zero-order valence-corrected chi connectivity index (χ0v) is 8.27. The van der Waals surface area contributed by atoms with E-state index < -0.39 is 0 Å². The number of fused-ring (bicyclic) bond motifs is 1. The van der Waals surface area contributed by atoms with Crippen molar-refractivity contribution in [1.29, 1.82) is 0 Å². The molecule has 1 amide bonds. The average Bonchev–Trinajstić information content (AvgIpc) is 3.04. The van der Waals surface area contributed by atoms with Crippen LogP contribution in [0.4, 0.5) is 0 Å². The Bertz CT molecular complexity index is 414. The molecule has 0 radical (unpaired) electrons. The van der Waals surface area contributed by atoms with E-state index in [0.29, 0.717) is 6.54 Å². The molecule has 1 fully saturated rings. The van der Waals surface area contributed by atoms with Crippen LogP contribution in [0.1, 0.15) is 15.9 Å². The van der Waals surface area contributed by atoms with Crippen LogP contribution in [0, 0.1) is 0 Å². The number of hydrogen-bond donors (Lipinski definition) is 0. The summed E-state index contributed by atoms with van der Waals surface area (Å²) < 4.78 is 5.13. The van der Waals surface area contributed by atoms with Gasteiger partial charge in [0.15, 0.2) is 0 Å². The summed E-state index contributed by atoms with van der Waals surface area (Å²) in [6, 6.07) is 7.58. The highest BCUT2D eigenvalue weighted by atomic mass is 16.6. The van der Waals surface area contributed by atoms with Gasteiger partial charge in [-0.3, -0.25) is 4.79 Å². The Morgan fingerprint density at radius 1 is 1.40 bits per heavy atom. The van der Waals surface area contributed by atoms with E-state index in [0.717, 1.165) is 23.4 Å². The van der Waals surface area contributed by atoms with Gasteiger partial charge in [0.2, 0.25) is 0 Å². The SMILES string of the molecule is C=C1c2ccccc2C(=O)N1C[C@H]1CO1. The van der Waals surface area contributed by atoms with Gasteiger partial charge in [0, 0.05) is 16.8 Å². The number of nitrogens with zero attached hydrogens (tertiary/aromatic N) is 1. The minimum absolute atomic E-state index is 0.0473. The molecule has 1 atom stereocenters. The molecule has 0 aliphatic carbocycles. The lowest BCUT2D eigenvalue weighted by atomic mass is 10.1. The third-order valence-electron chi connectivity index (χ3n) is 2.83. The molecule has 0 unspecified atom stereocenters. The van der Waals surface area contributed by atoms with Crippen molar-refractivity contribution in [3.63, 3.8) is 0 Å². The Labute approximate surface area is 88.0 Å². The van der Waals surface area contributed by atoms with Crippen molar-refractivity contribution in [3.8, 4) is 0 Å². The molecule has 76 valence electrons. The van der Waals surface area contributed by atoms with Gasteiger partial charge in [-0.2, -0.15) is 0 Å². The Morgan fingerprint density at radius 3 is 2.67 bits per heavy atom. The van der Waals surface area contributed by atoms with E-state index in [4.69, 9.17) is 4.74 Å². The Morgan fingerprint density at radius 2 is 2.07 bits per heavy atom. The van der Waals surface area contributed by atoms with Gasteiger partial charge in [-0.1, -0.05) is 24.8 Å². The molecular formula is C12H11NO2. The fourth-order valence-electron chi connectivity index (χ4n) is 1.90. The summed E-state index contributed by atoms with van der Waals surface area (Å²) in [7, 11) is 0. The maximum atomic E-state index is 12.0. The van der Waals surface area contributed by atoms with Crippen molar-refractivity contribution in [2.45, 2.75) is 6.10 Å². The van der Waals surface area contributed by atoms with Crippen LogP contribution >= 0.6 is 0 Å². The summed E-state index contributed by atoms with van der Waals surface area (Å²) >= 11 is 0. The predicted octanol–water partition coefficient (Wildman–Crippen LogP) is 1.51. The fraction of sp³-hybridized carbons (Fsp3) is 0.250. The second-order valence-corrected chi connectivity index (χ2v) is 3.86.